The van der Waals surface area contributed by atoms with Crippen molar-refractivity contribution in [3.05, 3.63) is 65.2 Å². The second-order valence-corrected chi connectivity index (χ2v) is 8.02. The Balaban J connectivity index is 1.62. The highest BCUT2D eigenvalue weighted by Crippen LogP contribution is 2.24. The molecule has 2 aromatic carbocycles. The molecule has 1 unspecified atom stereocenters. The van der Waals surface area contributed by atoms with Crippen LogP contribution in [0.5, 0.6) is 0 Å². The zero-order chi connectivity index (χ0) is 17.0. The second kappa shape index (κ2) is 7.47. The minimum Gasteiger partial charge on any atom is -0.388 e. The lowest BCUT2D eigenvalue weighted by atomic mass is 9.92. The molecule has 0 aliphatic heterocycles. The summed E-state index contributed by atoms with van der Waals surface area (Å²) in [6.45, 7) is 0.204. The van der Waals surface area contributed by atoms with Crippen molar-refractivity contribution in [3.63, 3.8) is 0 Å². The van der Waals surface area contributed by atoms with Crippen LogP contribution in [0, 0.1) is 0 Å². The van der Waals surface area contributed by atoms with Crippen LogP contribution in [0.2, 0.25) is 0 Å². The molecule has 0 heterocycles. The number of fused-ring (bicyclic) bond motifs is 1. The van der Waals surface area contributed by atoms with Crippen LogP contribution in [0.25, 0.3) is 0 Å². The number of aliphatic hydroxyl groups is 1. The van der Waals surface area contributed by atoms with E-state index in [1.54, 1.807) is 12.1 Å². The van der Waals surface area contributed by atoms with Crippen LogP contribution in [-0.4, -0.2) is 20.1 Å². The van der Waals surface area contributed by atoms with E-state index in [4.69, 9.17) is 0 Å². The van der Waals surface area contributed by atoms with Gasteiger partial charge in [-0.2, -0.15) is 0 Å². The number of rotatable bonds is 6. The minimum absolute atomic E-state index is 0.204. The maximum absolute atomic E-state index is 12.4. The van der Waals surface area contributed by atoms with Gasteiger partial charge in [0, 0.05) is 6.54 Å². The standard InChI is InChI=1S/C19H23NO3S/c21-19(16-7-2-1-3-8-16)12-13-20-24(22,23)18-11-10-15-6-4-5-9-17(15)14-18/h1-3,7-8,10-11,14,19-21H,4-6,9,12-13H2. The summed E-state index contributed by atoms with van der Waals surface area (Å²) in [5.74, 6) is 0. The number of aryl methyl sites for hydroxylation is 2. The summed E-state index contributed by atoms with van der Waals surface area (Å²) in [5.41, 5.74) is 3.21. The fraction of sp³-hybridized carbons (Fsp3) is 0.368. The quantitative estimate of drug-likeness (QED) is 0.846. The normalized spacial score (nSPS) is 15.7. The van der Waals surface area contributed by atoms with E-state index in [9.17, 15) is 13.5 Å². The molecule has 0 spiro atoms. The van der Waals surface area contributed by atoms with Gasteiger partial charge in [-0.25, -0.2) is 13.1 Å². The lowest BCUT2D eigenvalue weighted by Crippen LogP contribution is -2.26. The summed E-state index contributed by atoms with van der Waals surface area (Å²) in [5, 5.41) is 10.1. The van der Waals surface area contributed by atoms with E-state index in [2.05, 4.69) is 4.72 Å². The van der Waals surface area contributed by atoms with Crippen molar-refractivity contribution < 1.29 is 13.5 Å². The highest BCUT2D eigenvalue weighted by atomic mass is 32.2. The molecule has 0 fully saturated rings. The van der Waals surface area contributed by atoms with Crippen LogP contribution in [0.15, 0.2) is 53.4 Å². The Kier molecular flexibility index (Phi) is 5.33. The molecule has 0 bridgehead atoms. The zero-order valence-corrected chi connectivity index (χ0v) is 14.4. The first kappa shape index (κ1) is 17.1. The summed E-state index contributed by atoms with van der Waals surface area (Å²) in [4.78, 5) is 0.317. The largest absolute Gasteiger partial charge is 0.388 e. The minimum atomic E-state index is -3.53. The molecule has 0 saturated heterocycles. The van der Waals surface area contributed by atoms with E-state index in [1.165, 1.54) is 12.0 Å². The van der Waals surface area contributed by atoms with Gasteiger partial charge in [0.05, 0.1) is 11.0 Å². The summed E-state index contributed by atoms with van der Waals surface area (Å²) in [6, 6.07) is 14.7. The molecule has 1 atom stereocenters. The zero-order valence-electron chi connectivity index (χ0n) is 13.6. The average molecular weight is 345 g/mol. The molecule has 0 amide bonds. The second-order valence-electron chi connectivity index (χ2n) is 6.25. The summed E-state index contributed by atoms with van der Waals surface area (Å²) >= 11 is 0. The van der Waals surface area contributed by atoms with Gasteiger partial charge in [-0.1, -0.05) is 36.4 Å². The molecule has 1 aliphatic carbocycles. The van der Waals surface area contributed by atoms with Gasteiger partial charge in [0.1, 0.15) is 0 Å². The topological polar surface area (TPSA) is 66.4 Å². The van der Waals surface area contributed by atoms with Crippen LogP contribution in [0.3, 0.4) is 0 Å². The van der Waals surface area contributed by atoms with Crippen molar-refractivity contribution in [1.29, 1.82) is 0 Å². The van der Waals surface area contributed by atoms with Crippen molar-refractivity contribution in [3.8, 4) is 0 Å². The maximum atomic E-state index is 12.4. The molecule has 5 heteroatoms. The number of hydrogen-bond donors (Lipinski definition) is 2. The first-order valence-electron chi connectivity index (χ1n) is 8.41. The van der Waals surface area contributed by atoms with Crippen molar-refractivity contribution in [2.75, 3.05) is 6.54 Å². The van der Waals surface area contributed by atoms with Crippen molar-refractivity contribution in [2.24, 2.45) is 0 Å². The van der Waals surface area contributed by atoms with Gasteiger partial charge in [0.15, 0.2) is 0 Å². The number of aliphatic hydroxyl groups excluding tert-OH is 1. The molecule has 1 aliphatic rings. The van der Waals surface area contributed by atoms with Crippen molar-refractivity contribution >= 4 is 10.0 Å². The van der Waals surface area contributed by atoms with Gasteiger partial charge in [-0.15, -0.1) is 0 Å². The first-order valence-corrected chi connectivity index (χ1v) is 9.89. The number of hydrogen-bond acceptors (Lipinski definition) is 3. The van der Waals surface area contributed by atoms with E-state index in [0.29, 0.717) is 11.3 Å². The Bertz CT molecular complexity index is 788. The molecular weight excluding hydrogens is 322 g/mol. The lowest BCUT2D eigenvalue weighted by molar-refractivity contribution is 0.169. The fourth-order valence-electron chi connectivity index (χ4n) is 3.13. The molecule has 3 rings (SSSR count). The fourth-order valence-corrected chi connectivity index (χ4v) is 4.23. The van der Waals surface area contributed by atoms with E-state index in [-0.39, 0.29) is 6.54 Å². The molecule has 0 aromatic heterocycles. The van der Waals surface area contributed by atoms with E-state index < -0.39 is 16.1 Å². The van der Waals surface area contributed by atoms with Gasteiger partial charge in [0.25, 0.3) is 0 Å². The molecule has 2 N–H and O–H groups in total. The van der Waals surface area contributed by atoms with Gasteiger partial charge < -0.3 is 5.11 Å². The molecule has 128 valence electrons. The van der Waals surface area contributed by atoms with Crippen molar-refractivity contribution in [1.82, 2.24) is 4.72 Å². The smallest absolute Gasteiger partial charge is 0.240 e. The van der Waals surface area contributed by atoms with Crippen LogP contribution in [0.4, 0.5) is 0 Å². The molecule has 2 aromatic rings. The predicted molar refractivity (Wildman–Crippen MR) is 94.3 cm³/mol. The summed E-state index contributed by atoms with van der Waals surface area (Å²) in [6.07, 6.45) is 3.95. The predicted octanol–water partition coefficient (Wildman–Crippen LogP) is 2.97. The van der Waals surface area contributed by atoms with Crippen LogP contribution in [0.1, 0.15) is 42.1 Å². The lowest BCUT2D eigenvalue weighted by Gasteiger charge is -2.17. The molecule has 0 radical (unpaired) electrons. The molecular formula is C19H23NO3S. The monoisotopic (exact) mass is 345 g/mol. The van der Waals surface area contributed by atoms with Gasteiger partial charge in [0.2, 0.25) is 10.0 Å². The Morgan fingerprint density at radius 3 is 2.46 bits per heavy atom. The summed E-state index contributed by atoms with van der Waals surface area (Å²) < 4.78 is 27.5. The van der Waals surface area contributed by atoms with E-state index >= 15 is 0 Å². The number of sulfonamides is 1. The Hall–Kier alpha value is -1.69. The Labute approximate surface area is 143 Å². The molecule has 4 nitrogen and oxygen atoms in total. The van der Waals surface area contributed by atoms with Crippen LogP contribution >= 0.6 is 0 Å². The van der Waals surface area contributed by atoms with Crippen LogP contribution < -0.4 is 4.72 Å². The number of nitrogens with one attached hydrogen (secondary N) is 1. The van der Waals surface area contributed by atoms with Gasteiger partial charge in [-0.05, 0) is 60.9 Å². The van der Waals surface area contributed by atoms with Crippen molar-refractivity contribution in [2.45, 2.75) is 43.1 Å². The third-order valence-corrected chi connectivity index (χ3v) is 5.98. The van der Waals surface area contributed by atoms with E-state index in [1.807, 2.05) is 36.4 Å². The van der Waals surface area contributed by atoms with E-state index in [0.717, 1.165) is 30.4 Å². The van der Waals surface area contributed by atoms with Crippen LogP contribution in [-0.2, 0) is 22.9 Å². The maximum Gasteiger partial charge on any atom is 0.240 e. The summed E-state index contributed by atoms with van der Waals surface area (Å²) in [7, 11) is -3.53. The SMILES string of the molecule is O=S(=O)(NCCC(O)c1ccccc1)c1ccc2c(c1)CCCC2. The average Bonchev–Trinajstić information content (AvgIpc) is 2.62. The third kappa shape index (κ3) is 4.04. The number of benzene rings is 2. The molecule has 0 saturated carbocycles. The Morgan fingerprint density at radius 2 is 1.71 bits per heavy atom. The highest BCUT2D eigenvalue weighted by Gasteiger charge is 2.18. The first-order chi connectivity index (χ1) is 11.6. The van der Waals surface area contributed by atoms with Gasteiger partial charge in [-0.3, -0.25) is 0 Å². The Morgan fingerprint density at radius 1 is 1.00 bits per heavy atom. The highest BCUT2D eigenvalue weighted by molar-refractivity contribution is 7.89. The molecule has 24 heavy (non-hydrogen) atoms. The van der Waals surface area contributed by atoms with Gasteiger partial charge >= 0.3 is 0 Å². The third-order valence-electron chi connectivity index (χ3n) is 4.52.